The van der Waals surface area contributed by atoms with Crippen molar-refractivity contribution in [3.63, 3.8) is 0 Å². The normalized spacial score (nSPS) is 27.0. The average molecular weight is 382 g/mol. The second-order valence-corrected chi connectivity index (χ2v) is 9.99. The molecule has 2 fully saturated rings. The molecule has 8 heteroatoms. The molecular formula is C18H31N5O2S. The number of sulfone groups is 1. The molecule has 7 nitrogen and oxygen atoms in total. The van der Waals surface area contributed by atoms with Gasteiger partial charge in [0.15, 0.2) is 15.8 Å². The summed E-state index contributed by atoms with van der Waals surface area (Å²) < 4.78 is 25.2. The maximum Gasteiger partial charge on any atom is 0.194 e. The highest BCUT2D eigenvalue weighted by atomic mass is 32.2. The van der Waals surface area contributed by atoms with Crippen LogP contribution in [-0.4, -0.2) is 66.2 Å². The Morgan fingerprint density at radius 1 is 1.46 bits per heavy atom. The fraction of sp³-hybridized carbons (Fsp3) is 0.778. The van der Waals surface area contributed by atoms with Gasteiger partial charge in [-0.2, -0.15) is 5.10 Å². The zero-order chi connectivity index (χ0) is 18.7. The Balaban J connectivity index is 1.67. The van der Waals surface area contributed by atoms with Gasteiger partial charge in [0.1, 0.15) is 0 Å². The molecule has 0 amide bonds. The van der Waals surface area contributed by atoms with Crippen molar-refractivity contribution >= 4 is 15.8 Å². The molecule has 0 aliphatic carbocycles. The molecule has 3 rings (SSSR count). The molecule has 3 unspecified atom stereocenters. The number of aromatic nitrogens is 2. The first-order valence-electron chi connectivity index (χ1n) is 9.61. The van der Waals surface area contributed by atoms with Crippen molar-refractivity contribution in [2.75, 3.05) is 31.1 Å². The highest BCUT2D eigenvalue weighted by Crippen LogP contribution is 2.27. The minimum absolute atomic E-state index is 0.158. The standard InChI is InChI=1S/C18H31N5O2S/c1-4-14(2)21-18(19-9-15-6-8-26(24,25)13-15)23-7-5-16(12-23)17-10-20-22(3)11-17/h10-11,14-16H,4-9,12-13H2,1-3H3,(H,19,21). The van der Waals surface area contributed by atoms with Crippen LogP contribution in [0, 0.1) is 5.92 Å². The van der Waals surface area contributed by atoms with Gasteiger partial charge in [0.05, 0.1) is 17.7 Å². The number of hydrogen-bond donors (Lipinski definition) is 1. The van der Waals surface area contributed by atoms with Gasteiger partial charge in [0, 0.05) is 44.8 Å². The molecule has 0 bridgehead atoms. The van der Waals surface area contributed by atoms with Crippen LogP contribution in [0.1, 0.15) is 44.6 Å². The second kappa shape index (κ2) is 7.98. The van der Waals surface area contributed by atoms with E-state index in [2.05, 4.69) is 35.4 Å². The Kier molecular flexibility index (Phi) is 5.89. The van der Waals surface area contributed by atoms with Crippen LogP contribution < -0.4 is 5.32 Å². The molecule has 2 aliphatic rings. The minimum Gasteiger partial charge on any atom is -0.354 e. The van der Waals surface area contributed by atoms with Crippen LogP contribution in [0.2, 0.25) is 0 Å². The van der Waals surface area contributed by atoms with E-state index in [-0.39, 0.29) is 11.7 Å². The van der Waals surface area contributed by atoms with Gasteiger partial charge in [-0.05, 0) is 37.7 Å². The lowest BCUT2D eigenvalue weighted by Crippen LogP contribution is -2.44. The average Bonchev–Trinajstić information content (AvgIpc) is 3.31. The molecule has 2 saturated heterocycles. The van der Waals surface area contributed by atoms with Gasteiger partial charge in [0.25, 0.3) is 0 Å². The number of aryl methyl sites for hydroxylation is 1. The van der Waals surface area contributed by atoms with Crippen LogP contribution in [0.4, 0.5) is 0 Å². The van der Waals surface area contributed by atoms with E-state index in [4.69, 9.17) is 4.99 Å². The molecule has 0 aromatic carbocycles. The summed E-state index contributed by atoms with van der Waals surface area (Å²) in [6.07, 6.45) is 6.90. The molecule has 0 spiro atoms. The summed E-state index contributed by atoms with van der Waals surface area (Å²) in [4.78, 5) is 7.13. The van der Waals surface area contributed by atoms with E-state index >= 15 is 0 Å². The van der Waals surface area contributed by atoms with E-state index < -0.39 is 9.84 Å². The Labute approximate surface area is 156 Å². The van der Waals surface area contributed by atoms with Gasteiger partial charge in [0.2, 0.25) is 0 Å². The number of nitrogens with zero attached hydrogens (tertiary/aromatic N) is 4. The zero-order valence-corrected chi connectivity index (χ0v) is 16.9. The molecule has 0 radical (unpaired) electrons. The third-order valence-electron chi connectivity index (χ3n) is 5.50. The summed E-state index contributed by atoms with van der Waals surface area (Å²) in [5.41, 5.74) is 1.28. The van der Waals surface area contributed by atoms with Crippen LogP contribution in [-0.2, 0) is 16.9 Å². The number of likely N-dealkylation sites (tertiary alicyclic amines) is 1. The number of aliphatic imine (C=N–C) groups is 1. The highest BCUT2D eigenvalue weighted by Gasteiger charge is 2.30. The summed E-state index contributed by atoms with van der Waals surface area (Å²) in [6, 6.07) is 0.346. The first kappa shape index (κ1) is 19.2. The first-order chi connectivity index (χ1) is 12.4. The van der Waals surface area contributed by atoms with Crippen LogP contribution in [0.25, 0.3) is 0 Å². The molecule has 2 aliphatic heterocycles. The van der Waals surface area contributed by atoms with E-state index in [1.807, 2.05) is 17.9 Å². The summed E-state index contributed by atoms with van der Waals surface area (Å²) in [6.45, 7) is 6.79. The van der Waals surface area contributed by atoms with Crippen molar-refractivity contribution in [2.24, 2.45) is 18.0 Å². The lowest BCUT2D eigenvalue weighted by Gasteiger charge is -2.25. The lowest BCUT2D eigenvalue weighted by atomic mass is 10.0. The summed E-state index contributed by atoms with van der Waals surface area (Å²) in [5, 5.41) is 7.83. The topological polar surface area (TPSA) is 79.6 Å². The quantitative estimate of drug-likeness (QED) is 0.616. The number of nitrogens with one attached hydrogen (secondary N) is 1. The Morgan fingerprint density at radius 2 is 2.27 bits per heavy atom. The highest BCUT2D eigenvalue weighted by molar-refractivity contribution is 7.91. The summed E-state index contributed by atoms with van der Waals surface area (Å²) in [5.74, 6) is 2.15. The first-order valence-corrected chi connectivity index (χ1v) is 11.4. The van der Waals surface area contributed by atoms with Crippen molar-refractivity contribution in [1.29, 1.82) is 0 Å². The third-order valence-corrected chi connectivity index (χ3v) is 7.33. The van der Waals surface area contributed by atoms with Crippen molar-refractivity contribution in [2.45, 2.75) is 45.1 Å². The predicted molar refractivity (Wildman–Crippen MR) is 104 cm³/mol. The smallest absolute Gasteiger partial charge is 0.194 e. The van der Waals surface area contributed by atoms with Crippen molar-refractivity contribution in [3.05, 3.63) is 18.0 Å². The van der Waals surface area contributed by atoms with E-state index in [0.29, 0.717) is 24.3 Å². The molecule has 146 valence electrons. The van der Waals surface area contributed by atoms with E-state index in [9.17, 15) is 8.42 Å². The van der Waals surface area contributed by atoms with Crippen LogP contribution in [0.15, 0.2) is 17.4 Å². The molecule has 1 aromatic rings. The van der Waals surface area contributed by atoms with E-state index in [1.54, 1.807) is 0 Å². The predicted octanol–water partition coefficient (Wildman–Crippen LogP) is 1.39. The van der Waals surface area contributed by atoms with Gasteiger partial charge in [-0.15, -0.1) is 0 Å². The van der Waals surface area contributed by atoms with Gasteiger partial charge in [-0.25, -0.2) is 8.42 Å². The van der Waals surface area contributed by atoms with Gasteiger partial charge in [-0.1, -0.05) is 6.92 Å². The molecule has 3 heterocycles. The van der Waals surface area contributed by atoms with Crippen molar-refractivity contribution in [3.8, 4) is 0 Å². The largest absolute Gasteiger partial charge is 0.354 e. The molecule has 1 N–H and O–H groups in total. The summed E-state index contributed by atoms with van der Waals surface area (Å²) >= 11 is 0. The lowest BCUT2D eigenvalue weighted by molar-refractivity contribution is 0.463. The Hall–Kier alpha value is -1.57. The molecule has 1 aromatic heterocycles. The minimum atomic E-state index is -2.85. The maximum absolute atomic E-state index is 11.7. The summed E-state index contributed by atoms with van der Waals surface area (Å²) in [7, 11) is -0.897. The fourth-order valence-corrected chi connectivity index (χ4v) is 5.52. The van der Waals surface area contributed by atoms with Crippen molar-refractivity contribution in [1.82, 2.24) is 20.0 Å². The van der Waals surface area contributed by atoms with Crippen LogP contribution in [0.3, 0.4) is 0 Å². The van der Waals surface area contributed by atoms with Gasteiger partial charge >= 0.3 is 0 Å². The third kappa shape index (κ3) is 4.78. The van der Waals surface area contributed by atoms with Gasteiger partial charge in [-0.3, -0.25) is 9.67 Å². The maximum atomic E-state index is 11.7. The zero-order valence-electron chi connectivity index (χ0n) is 16.1. The van der Waals surface area contributed by atoms with E-state index in [1.165, 1.54) is 5.56 Å². The Bertz CT molecular complexity index is 743. The number of guanidine groups is 1. The monoisotopic (exact) mass is 381 g/mol. The molecule has 3 atom stereocenters. The van der Waals surface area contributed by atoms with Crippen molar-refractivity contribution < 1.29 is 8.42 Å². The molecule has 0 saturated carbocycles. The SMILES string of the molecule is CCC(C)NC(=NCC1CCS(=O)(=O)C1)N1CCC(c2cnn(C)c2)C1. The van der Waals surface area contributed by atoms with Gasteiger partial charge < -0.3 is 10.2 Å². The second-order valence-electron chi connectivity index (χ2n) is 7.77. The number of rotatable bonds is 5. The van der Waals surface area contributed by atoms with Crippen LogP contribution >= 0.6 is 0 Å². The molecule has 26 heavy (non-hydrogen) atoms. The fourth-order valence-electron chi connectivity index (χ4n) is 3.67. The Morgan fingerprint density at radius 3 is 2.88 bits per heavy atom. The number of hydrogen-bond acceptors (Lipinski definition) is 4. The van der Waals surface area contributed by atoms with E-state index in [0.717, 1.165) is 38.3 Å². The molecular weight excluding hydrogens is 350 g/mol. The van der Waals surface area contributed by atoms with Crippen LogP contribution in [0.5, 0.6) is 0 Å².